The number of ketones is 1. The highest BCUT2D eigenvalue weighted by atomic mass is 79.9. The minimum atomic E-state index is -0.585. The van der Waals surface area contributed by atoms with Crippen LogP contribution >= 0.6 is 15.9 Å². The van der Waals surface area contributed by atoms with E-state index in [-0.39, 0.29) is 10.6 Å². The van der Waals surface area contributed by atoms with E-state index in [1.165, 1.54) is 0 Å². The molecule has 1 aliphatic heterocycles. The van der Waals surface area contributed by atoms with E-state index in [0.717, 1.165) is 11.3 Å². The van der Waals surface area contributed by atoms with Crippen LogP contribution in [0.25, 0.3) is 0 Å². The first-order chi connectivity index (χ1) is 10.9. The van der Waals surface area contributed by atoms with E-state index in [2.05, 4.69) is 21.0 Å². The van der Waals surface area contributed by atoms with Gasteiger partial charge in [-0.15, -0.1) is 0 Å². The molecule has 2 heterocycles. The number of fused-ring (bicyclic) bond motifs is 1. The zero-order valence-corrected chi connectivity index (χ0v) is 15.0. The lowest BCUT2D eigenvalue weighted by atomic mass is 10.00. The fourth-order valence-electron chi connectivity index (χ4n) is 2.64. The number of carbonyl (C=O) groups is 1. The molecular formula is C17H19BrN2O3. The lowest BCUT2D eigenvalue weighted by Gasteiger charge is -2.22. The van der Waals surface area contributed by atoms with Crippen molar-refractivity contribution < 1.29 is 14.3 Å². The van der Waals surface area contributed by atoms with Crippen molar-refractivity contribution in [2.24, 2.45) is 0 Å². The highest BCUT2D eigenvalue weighted by Gasteiger charge is 2.37. The van der Waals surface area contributed by atoms with Crippen LogP contribution in [0.1, 0.15) is 35.5 Å². The Kier molecular flexibility index (Phi) is 4.29. The average molecular weight is 379 g/mol. The van der Waals surface area contributed by atoms with Gasteiger partial charge in [0.05, 0.1) is 25.8 Å². The molecular weight excluding hydrogens is 360 g/mol. The zero-order valence-electron chi connectivity index (χ0n) is 13.4. The third kappa shape index (κ3) is 3.19. The molecule has 6 heteroatoms. The van der Waals surface area contributed by atoms with Crippen LogP contribution in [-0.2, 0) is 16.9 Å². The summed E-state index contributed by atoms with van der Waals surface area (Å²) in [6.45, 7) is 4.82. The van der Waals surface area contributed by atoms with Crippen LogP contribution in [0.3, 0.4) is 0 Å². The Morgan fingerprint density at radius 2 is 2.09 bits per heavy atom. The molecule has 0 saturated heterocycles. The number of hydrogen-bond donors (Lipinski definition) is 0. The maximum atomic E-state index is 12.5. The summed E-state index contributed by atoms with van der Waals surface area (Å²) in [5, 5.41) is 4.61. The molecule has 0 aliphatic carbocycles. The van der Waals surface area contributed by atoms with Crippen molar-refractivity contribution >= 4 is 21.7 Å². The number of halogens is 1. The van der Waals surface area contributed by atoms with Gasteiger partial charge in [0, 0.05) is 6.20 Å². The minimum Gasteiger partial charge on any atom is -0.497 e. The van der Waals surface area contributed by atoms with Gasteiger partial charge >= 0.3 is 0 Å². The van der Waals surface area contributed by atoms with Crippen molar-refractivity contribution in [3.63, 3.8) is 0 Å². The monoisotopic (exact) mass is 378 g/mol. The molecule has 1 aromatic carbocycles. The predicted octanol–water partition coefficient (Wildman–Crippen LogP) is 3.15. The summed E-state index contributed by atoms with van der Waals surface area (Å²) in [6.07, 6.45) is 1.81. The largest absolute Gasteiger partial charge is 0.497 e. The summed E-state index contributed by atoms with van der Waals surface area (Å²) in [5.41, 5.74) is 1.82. The second-order valence-corrected chi connectivity index (χ2v) is 7.20. The van der Waals surface area contributed by atoms with Crippen molar-refractivity contribution in [1.82, 2.24) is 9.78 Å². The van der Waals surface area contributed by atoms with Crippen LogP contribution in [0.4, 0.5) is 0 Å². The van der Waals surface area contributed by atoms with Gasteiger partial charge in [-0.25, -0.2) is 0 Å². The fourth-order valence-corrected chi connectivity index (χ4v) is 3.02. The van der Waals surface area contributed by atoms with Gasteiger partial charge < -0.3 is 9.47 Å². The van der Waals surface area contributed by atoms with E-state index in [1.54, 1.807) is 11.8 Å². The summed E-state index contributed by atoms with van der Waals surface area (Å²) in [6, 6.07) is 7.80. The zero-order chi connectivity index (χ0) is 16.6. The first-order valence-electron chi connectivity index (χ1n) is 7.44. The van der Waals surface area contributed by atoms with E-state index in [4.69, 9.17) is 9.47 Å². The number of hydrogen-bond acceptors (Lipinski definition) is 4. The first-order valence-corrected chi connectivity index (χ1v) is 8.35. The van der Waals surface area contributed by atoms with Crippen LogP contribution in [-0.4, -0.2) is 34.1 Å². The summed E-state index contributed by atoms with van der Waals surface area (Å²) in [4.78, 5) is 12.1. The van der Waals surface area contributed by atoms with Crippen molar-refractivity contribution in [3.8, 4) is 5.75 Å². The van der Waals surface area contributed by atoms with E-state index < -0.39 is 5.60 Å². The number of alkyl halides is 1. The van der Waals surface area contributed by atoms with Gasteiger partial charge in [0.1, 0.15) is 21.9 Å². The Morgan fingerprint density at radius 1 is 1.39 bits per heavy atom. The van der Waals surface area contributed by atoms with Crippen LogP contribution < -0.4 is 4.74 Å². The molecule has 1 aliphatic rings. The van der Waals surface area contributed by atoms with E-state index in [0.29, 0.717) is 24.4 Å². The van der Waals surface area contributed by atoms with Crippen molar-refractivity contribution in [1.29, 1.82) is 0 Å². The van der Waals surface area contributed by atoms with Gasteiger partial charge in [0.2, 0.25) is 0 Å². The number of benzene rings is 1. The number of Topliss-reactive ketones (excluding diaryl/α,β-unsaturated/α-hetero) is 1. The molecule has 5 nitrogen and oxygen atoms in total. The Morgan fingerprint density at radius 3 is 2.74 bits per heavy atom. The number of rotatable bonds is 3. The van der Waals surface area contributed by atoms with Crippen molar-refractivity contribution in [2.45, 2.75) is 30.8 Å². The SMILES string of the molecule is COc1ccc(Cn2cc3c(n2)C(C)(C)OCC(Br)C3=O)cc1. The van der Waals surface area contributed by atoms with Gasteiger partial charge in [0.25, 0.3) is 0 Å². The van der Waals surface area contributed by atoms with Crippen LogP contribution in [0.5, 0.6) is 5.75 Å². The molecule has 3 rings (SSSR count). The Balaban J connectivity index is 1.92. The van der Waals surface area contributed by atoms with Crippen LogP contribution in [0, 0.1) is 0 Å². The van der Waals surface area contributed by atoms with Gasteiger partial charge in [-0.1, -0.05) is 28.1 Å². The summed E-state index contributed by atoms with van der Waals surface area (Å²) < 4.78 is 12.8. The topological polar surface area (TPSA) is 53.4 Å². The number of carbonyl (C=O) groups excluding carboxylic acids is 1. The van der Waals surface area contributed by atoms with Crippen LogP contribution in [0.2, 0.25) is 0 Å². The molecule has 23 heavy (non-hydrogen) atoms. The molecule has 2 aromatic rings. The summed E-state index contributed by atoms with van der Waals surface area (Å²) in [5.74, 6) is 0.836. The van der Waals surface area contributed by atoms with E-state index in [9.17, 15) is 4.79 Å². The predicted molar refractivity (Wildman–Crippen MR) is 90.3 cm³/mol. The molecule has 0 fully saturated rings. The normalized spacial score (nSPS) is 20.0. The Bertz CT molecular complexity index is 722. The van der Waals surface area contributed by atoms with Gasteiger partial charge in [-0.05, 0) is 31.5 Å². The summed E-state index contributed by atoms with van der Waals surface area (Å²) >= 11 is 3.39. The Hall–Kier alpha value is -1.66. The molecule has 0 bridgehead atoms. The molecule has 122 valence electrons. The molecule has 1 unspecified atom stereocenters. The Labute approximate surface area is 143 Å². The molecule has 1 aromatic heterocycles. The molecule has 0 radical (unpaired) electrons. The highest BCUT2D eigenvalue weighted by Crippen LogP contribution is 2.32. The van der Waals surface area contributed by atoms with E-state index in [1.807, 2.05) is 44.3 Å². The number of nitrogens with zero attached hydrogens (tertiary/aromatic N) is 2. The third-order valence-electron chi connectivity index (χ3n) is 3.98. The summed E-state index contributed by atoms with van der Waals surface area (Å²) in [7, 11) is 1.64. The maximum absolute atomic E-state index is 12.5. The quantitative estimate of drug-likeness (QED) is 0.769. The van der Waals surface area contributed by atoms with Gasteiger partial charge in [-0.2, -0.15) is 5.10 Å². The lowest BCUT2D eigenvalue weighted by Crippen LogP contribution is -2.24. The molecule has 0 saturated carbocycles. The standard InChI is InChI=1S/C17H19BrN2O3/c1-17(2)16-13(15(21)14(18)10-23-17)9-20(19-16)8-11-4-6-12(22-3)7-5-11/h4-7,9,14H,8,10H2,1-3H3. The van der Waals surface area contributed by atoms with E-state index >= 15 is 0 Å². The third-order valence-corrected chi connectivity index (χ3v) is 4.66. The number of ether oxygens (including phenoxy) is 2. The second-order valence-electron chi connectivity index (χ2n) is 6.09. The molecule has 0 amide bonds. The minimum absolute atomic E-state index is 0.0200. The number of aromatic nitrogens is 2. The van der Waals surface area contributed by atoms with Crippen molar-refractivity contribution in [3.05, 3.63) is 47.3 Å². The van der Waals surface area contributed by atoms with Crippen molar-refractivity contribution in [2.75, 3.05) is 13.7 Å². The fraction of sp³-hybridized carbons (Fsp3) is 0.412. The second kappa shape index (κ2) is 6.09. The maximum Gasteiger partial charge on any atom is 0.182 e. The average Bonchev–Trinajstić information content (AvgIpc) is 2.94. The molecule has 0 N–H and O–H groups in total. The van der Waals surface area contributed by atoms with Gasteiger partial charge in [0.15, 0.2) is 5.78 Å². The molecule has 0 spiro atoms. The van der Waals surface area contributed by atoms with Gasteiger partial charge in [-0.3, -0.25) is 9.48 Å². The first kappa shape index (κ1) is 16.2. The highest BCUT2D eigenvalue weighted by molar-refractivity contribution is 9.10. The number of methoxy groups -OCH3 is 1. The smallest absolute Gasteiger partial charge is 0.182 e. The van der Waals surface area contributed by atoms with Crippen LogP contribution in [0.15, 0.2) is 30.5 Å². The lowest BCUT2D eigenvalue weighted by molar-refractivity contribution is -0.0184. The molecule has 1 atom stereocenters.